The van der Waals surface area contributed by atoms with Gasteiger partial charge in [-0.2, -0.15) is 4.57 Å². The van der Waals surface area contributed by atoms with Gasteiger partial charge in [0, 0.05) is 16.5 Å². The summed E-state index contributed by atoms with van der Waals surface area (Å²) in [4.78, 5) is 25.8. The van der Waals surface area contributed by atoms with Crippen molar-refractivity contribution in [1.29, 1.82) is 0 Å². The van der Waals surface area contributed by atoms with Crippen molar-refractivity contribution < 1.29 is 28.8 Å². The van der Waals surface area contributed by atoms with E-state index in [9.17, 15) is 19.8 Å². The van der Waals surface area contributed by atoms with E-state index in [2.05, 4.69) is 0 Å². The van der Waals surface area contributed by atoms with Gasteiger partial charge in [0.05, 0.1) is 34.9 Å². The second-order valence-electron chi connectivity index (χ2n) is 7.16. The number of nitrogens with zero attached hydrogens (tertiary/aromatic N) is 2. The third kappa shape index (κ3) is 3.72. The van der Waals surface area contributed by atoms with Crippen LogP contribution in [0.25, 0.3) is 27.3 Å². The molecule has 1 aliphatic heterocycles. The summed E-state index contributed by atoms with van der Waals surface area (Å²) >= 11 is 9.18. The fourth-order valence-electron chi connectivity index (χ4n) is 3.77. The van der Waals surface area contributed by atoms with Gasteiger partial charge in [0.2, 0.25) is 12.1 Å². The maximum Gasteiger partial charge on any atom is 0.370 e. The Morgan fingerprint density at radius 2 is 2.00 bits per heavy atom. The lowest BCUT2D eigenvalue weighted by Gasteiger charge is -2.19. The molecule has 0 saturated heterocycles. The van der Waals surface area contributed by atoms with Gasteiger partial charge in [-0.15, -0.1) is 0 Å². The number of anilines is 1. The Morgan fingerprint density at radius 1 is 1.16 bits per heavy atom. The van der Waals surface area contributed by atoms with Crippen molar-refractivity contribution in [3.8, 4) is 0 Å². The molecule has 10 heteroatoms. The Bertz CT molecular complexity index is 1420. The second kappa shape index (κ2) is 8.16. The number of furan rings is 1. The van der Waals surface area contributed by atoms with Crippen LogP contribution in [0.1, 0.15) is 11.4 Å². The van der Waals surface area contributed by atoms with Crippen molar-refractivity contribution in [2.45, 2.75) is 17.9 Å². The smallest absolute Gasteiger partial charge is 0.370 e. The van der Waals surface area contributed by atoms with E-state index in [1.54, 1.807) is 16.9 Å². The van der Waals surface area contributed by atoms with Gasteiger partial charge >= 0.3 is 11.9 Å². The van der Waals surface area contributed by atoms with Crippen LogP contribution in [-0.4, -0.2) is 28.7 Å². The second-order valence-corrected chi connectivity index (χ2v) is 9.72. The Kier molecular flexibility index (Phi) is 5.32. The molecule has 1 aliphatic rings. The minimum Gasteiger partial charge on any atom is -0.481 e. The number of thioether (sulfide) groups is 1. The minimum atomic E-state index is -0.952. The fourth-order valence-corrected chi connectivity index (χ4v) is 6.23. The Hall–Kier alpha value is -3.01. The van der Waals surface area contributed by atoms with Gasteiger partial charge in [-0.05, 0) is 36.4 Å². The molecule has 0 amide bonds. The van der Waals surface area contributed by atoms with Gasteiger partial charge < -0.3 is 19.5 Å². The number of aromatic nitrogens is 1. The molecule has 0 atom stereocenters. The van der Waals surface area contributed by atoms with Crippen LogP contribution in [0.3, 0.4) is 0 Å². The summed E-state index contributed by atoms with van der Waals surface area (Å²) in [6.45, 7) is 0.0687. The lowest BCUT2D eigenvalue weighted by Crippen LogP contribution is -2.39. The van der Waals surface area contributed by atoms with Crippen molar-refractivity contribution in [3.05, 3.63) is 57.7 Å². The van der Waals surface area contributed by atoms with Crippen LogP contribution in [0.2, 0.25) is 5.02 Å². The summed E-state index contributed by atoms with van der Waals surface area (Å²) in [5.41, 5.74) is 2.34. The van der Waals surface area contributed by atoms with Gasteiger partial charge in [-0.3, -0.25) is 4.79 Å². The highest BCUT2D eigenvalue weighted by Crippen LogP contribution is 2.48. The van der Waals surface area contributed by atoms with Crippen LogP contribution in [0.5, 0.6) is 0 Å². The van der Waals surface area contributed by atoms with Crippen molar-refractivity contribution >= 4 is 79.6 Å². The number of carboxylic acids is 2. The standard InChI is InChI=1S/C22H15ClN2O5S2/c23-12-1-3-16-14(9-12)24(7-5-20(26)27)18(31-16)10-19-25(11-21(28)29)22-13-6-8-30-15(13)2-4-17(22)32-19/h1-4,6,8-10H,5,7,11H2,(H-,26,27,28,29)/p+1. The van der Waals surface area contributed by atoms with Crippen LogP contribution in [0.4, 0.5) is 5.69 Å². The van der Waals surface area contributed by atoms with E-state index < -0.39 is 11.9 Å². The summed E-state index contributed by atoms with van der Waals surface area (Å²) in [5.74, 6) is -1.85. The molecule has 162 valence electrons. The van der Waals surface area contributed by atoms with E-state index in [-0.39, 0.29) is 19.5 Å². The van der Waals surface area contributed by atoms with E-state index >= 15 is 0 Å². The summed E-state index contributed by atoms with van der Waals surface area (Å²) in [5, 5.41) is 21.8. The van der Waals surface area contributed by atoms with Crippen molar-refractivity contribution in [2.24, 2.45) is 0 Å². The lowest BCUT2D eigenvalue weighted by molar-refractivity contribution is -0.656. The molecule has 2 N–H and O–H groups in total. The number of aliphatic carboxylic acids is 2. The van der Waals surface area contributed by atoms with Crippen LogP contribution >= 0.6 is 34.7 Å². The van der Waals surface area contributed by atoms with Crippen molar-refractivity contribution in [3.63, 3.8) is 0 Å². The van der Waals surface area contributed by atoms with Gasteiger partial charge in [-0.25, -0.2) is 4.79 Å². The number of benzene rings is 2. The molecule has 32 heavy (non-hydrogen) atoms. The van der Waals surface area contributed by atoms with E-state index in [1.807, 2.05) is 41.3 Å². The molecular weight excluding hydrogens is 472 g/mol. The maximum absolute atomic E-state index is 11.7. The highest BCUT2D eigenvalue weighted by molar-refractivity contribution is 8.03. The molecule has 0 fully saturated rings. The molecule has 0 aliphatic carbocycles. The monoisotopic (exact) mass is 487 g/mol. The first-order chi connectivity index (χ1) is 15.4. The normalized spacial score (nSPS) is 14.5. The predicted molar refractivity (Wildman–Crippen MR) is 124 cm³/mol. The molecule has 0 saturated carbocycles. The van der Waals surface area contributed by atoms with Crippen LogP contribution in [-0.2, 0) is 16.1 Å². The number of halogens is 1. The summed E-state index contributed by atoms with van der Waals surface area (Å²) in [7, 11) is 0. The van der Waals surface area contributed by atoms with E-state index in [0.717, 1.165) is 36.2 Å². The molecular formula is C22H16ClN2O5S2+. The van der Waals surface area contributed by atoms with Crippen molar-refractivity contribution in [2.75, 3.05) is 11.4 Å². The van der Waals surface area contributed by atoms with Gasteiger partial charge in [-0.1, -0.05) is 34.7 Å². The maximum atomic E-state index is 11.7. The topological polar surface area (TPSA) is 94.9 Å². The molecule has 2 aromatic heterocycles. The average molecular weight is 488 g/mol. The zero-order valence-corrected chi connectivity index (χ0v) is 18.8. The molecule has 0 spiro atoms. The van der Waals surface area contributed by atoms with Crippen molar-refractivity contribution in [1.82, 2.24) is 0 Å². The third-order valence-electron chi connectivity index (χ3n) is 5.10. The molecule has 0 unspecified atom stereocenters. The summed E-state index contributed by atoms with van der Waals surface area (Å²) in [6, 6.07) is 11.1. The van der Waals surface area contributed by atoms with Gasteiger partial charge in [0.15, 0.2) is 0 Å². The molecule has 7 nitrogen and oxygen atoms in total. The van der Waals surface area contributed by atoms with Gasteiger partial charge in [0.1, 0.15) is 10.3 Å². The zero-order chi connectivity index (χ0) is 22.4. The Morgan fingerprint density at radius 3 is 2.78 bits per heavy atom. The number of hydrogen-bond donors (Lipinski definition) is 2. The third-order valence-corrected chi connectivity index (χ3v) is 7.55. The first-order valence-corrected chi connectivity index (χ1v) is 11.6. The first-order valence-electron chi connectivity index (χ1n) is 9.63. The SMILES string of the molecule is O=C(O)CCN1C(=Cc2sc3ccc4occc4c3[n+]2CC(=O)O)Sc2ccc(Cl)cc21. The highest BCUT2D eigenvalue weighted by Gasteiger charge is 2.30. The first kappa shape index (κ1) is 20.9. The van der Waals surface area contributed by atoms with Crippen LogP contribution < -0.4 is 9.47 Å². The average Bonchev–Trinajstić information content (AvgIpc) is 3.42. The number of carboxylic acid groups (broad SMARTS) is 2. The molecule has 0 radical (unpaired) electrons. The fraction of sp³-hybridized carbons (Fsp3) is 0.136. The van der Waals surface area contributed by atoms with E-state index in [4.69, 9.17) is 16.0 Å². The quantitative estimate of drug-likeness (QED) is 0.367. The van der Waals surface area contributed by atoms with Gasteiger partial charge in [0.25, 0.3) is 5.01 Å². The Labute approximate surface area is 195 Å². The van der Waals surface area contributed by atoms with E-state index in [1.165, 1.54) is 23.1 Å². The molecule has 4 aromatic rings. The molecule has 3 heterocycles. The number of hydrogen-bond acceptors (Lipinski definition) is 6. The molecule has 0 bridgehead atoms. The highest BCUT2D eigenvalue weighted by atomic mass is 35.5. The number of rotatable bonds is 6. The summed E-state index contributed by atoms with van der Waals surface area (Å²) < 4.78 is 8.20. The van der Waals surface area contributed by atoms with Crippen LogP contribution in [0, 0.1) is 0 Å². The molecule has 2 aromatic carbocycles. The lowest BCUT2D eigenvalue weighted by atomic mass is 10.2. The van der Waals surface area contributed by atoms with Crippen LogP contribution in [0.15, 0.2) is 57.0 Å². The predicted octanol–water partition coefficient (Wildman–Crippen LogP) is 5.06. The number of thiazole rings is 1. The number of fused-ring (bicyclic) bond motifs is 4. The number of carbonyl (C=O) groups is 2. The van der Waals surface area contributed by atoms with E-state index in [0.29, 0.717) is 10.6 Å². The zero-order valence-electron chi connectivity index (χ0n) is 16.4. The molecule has 5 rings (SSSR count). The minimum absolute atomic E-state index is 0.0406. The summed E-state index contributed by atoms with van der Waals surface area (Å²) in [6.07, 6.45) is 3.47. The Balaban J connectivity index is 1.66. The largest absolute Gasteiger partial charge is 0.481 e.